The number of pyridine rings is 1. The summed E-state index contributed by atoms with van der Waals surface area (Å²) in [6.07, 6.45) is 4.63. The number of hydrogen-bond acceptors (Lipinski definition) is 5. The second kappa shape index (κ2) is 8.75. The highest BCUT2D eigenvalue weighted by Gasteiger charge is 2.29. The van der Waals surface area contributed by atoms with Gasteiger partial charge in [-0.15, -0.1) is 0 Å². The second-order valence-electron chi connectivity index (χ2n) is 10.1. The number of hydrogen-bond donors (Lipinski definition) is 3. The van der Waals surface area contributed by atoms with Crippen LogP contribution >= 0.6 is 0 Å². The third-order valence-electron chi connectivity index (χ3n) is 6.31. The minimum Gasteiger partial charge on any atom is -0.398 e. The largest absolute Gasteiger partial charge is 0.398 e. The van der Waals surface area contributed by atoms with Gasteiger partial charge in [0.2, 0.25) is 0 Å². The average Bonchev–Trinajstić information content (AvgIpc) is 3.48. The Morgan fingerprint density at radius 2 is 2.06 bits per heavy atom. The molecule has 1 aliphatic heterocycles. The van der Waals surface area contributed by atoms with Crippen molar-refractivity contribution >= 4 is 22.5 Å². The number of amides is 1. The number of nitrogen functional groups attached to an aromatic ring is 1. The minimum absolute atomic E-state index is 0.0844. The molecule has 1 aliphatic carbocycles. The smallest absolute Gasteiger partial charge is 0.270 e. The van der Waals surface area contributed by atoms with Crippen molar-refractivity contribution in [3.05, 3.63) is 35.0 Å². The molecule has 2 aliphatic rings. The van der Waals surface area contributed by atoms with E-state index in [0.717, 1.165) is 42.5 Å². The molecule has 2 heterocycles. The number of fused-ring (bicyclic) bond motifs is 1. The number of nitrogens with two attached hydrogens (primary N) is 1. The van der Waals surface area contributed by atoms with E-state index in [1.807, 2.05) is 0 Å². The monoisotopic (exact) mass is 424 g/mol. The summed E-state index contributed by atoms with van der Waals surface area (Å²) in [5.41, 5.74) is 10.7. The first-order valence-electron chi connectivity index (χ1n) is 11.6. The zero-order chi connectivity index (χ0) is 22.2. The van der Waals surface area contributed by atoms with Crippen molar-refractivity contribution in [1.82, 2.24) is 15.6 Å². The van der Waals surface area contributed by atoms with E-state index in [2.05, 4.69) is 50.5 Å². The van der Waals surface area contributed by atoms with E-state index in [-0.39, 0.29) is 23.5 Å². The van der Waals surface area contributed by atoms with Crippen LogP contribution in [-0.4, -0.2) is 42.7 Å². The SMILES string of the molecule is CCCO[C@H]1CN[C@H](CNC(=O)c2cc(N)c3cc(C4CC4)cc(C(C)(C)C)c3n2)C1. The van der Waals surface area contributed by atoms with Crippen LogP contribution in [0.5, 0.6) is 0 Å². The number of rotatable bonds is 7. The molecule has 31 heavy (non-hydrogen) atoms. The maximum absolute atomic E-state index is 12.9. The number of carbonyl (C=O) groups is 1. The lowest BCUT2D eigenvalue weighted by molar-refractivity contribution is 0.0657. The molecule has 1 saturated heterocycles. The molecule has 6 nitrogen and oxygen atoms in total. The summed E-state index contributed by atoms with van der Waals surface area (Å²) in [5, 5.41) is 7.42. The molecule has 0 unspecified atom stereocenters. The highest BCUT2D eigenvalue weighted by Crippen LogP contribution is 2.44. The third-order valence-corrected chi connectivity index (χ3v) is 6.31. The maximum atomic E-state index is 12.9. The Morgan fingerprint density at radius 1 is 1.29 bits per heavy atom. The predicted molar refractivity (Wildman–Crippen MR) is 126 cm³/mol. The Morgan fingerprint density at radius 3 is 2.74 bits per heavy atom. The van der Waals surface area contributed by atoms with Crippen LogP contribution in [0.2, 0.25) is 0 Å². The predicted octanol–water partition coefficient (Wildman–Crippen LogP) is 3.88. The summed E-state index contributed by atoms with van der Waals surface area (Å²) in [6.45, 7) is 10.8. The standard InChI is InChI=1S/C25H36N4O2/c1-5-8-31-18-11-17(27-14-18)13-28-24(30)22-12-21(26)19-9-16(15-6-7-15)10-20(23(19)29-22)25(2,3)4/h9-10,12,15,17-18,27H,5-8,11,13-14H2,1-4H3,(H2,26,29)(H,28,30)/t17-,18+/m0/s1. The van der Waals surface area contributed by atoms with Crippen LogP contribution in [0.15, 0.2) is 18.2 Å². The van der Waals surface area contributed by atoms with Crippen LogP contribution < -0.4 is 16.4 Å². The van der Waals surface area contributed by atoms with E-state index in [0.29, 0.717) is 23.8 Å². The lowest BCUT2D eigenvalue weighted by Gasteiger charge is -2.23. The van der Waals surface area contributed by atoms with E-state index in [1.165, 1.54) is 18.4 Å². The van der Waals surface area contributed by atoms with E-state index in [4.69, 9.17) is 15.5 Å². The van der Waals surface area contributed by atoms with E-state index in [9.17, 15) is 4.79 Å². The Balaban J connectivity index is 1.53. The van der Waals surface area contributed by atoms with E-state index < -0.39 is 0 Å². The number of nitrogens with zero attached hydrogens (tertiary/aromatic N) is 1. The molecule has 168 valence electrons. The number of benzene rings is 1. The molecule has 2 atom stereocenters. The molecule has 6 heteroatoms. The van der Waals surface area contributed by atoms with Gasteiger partial charge in [0.1, 0.15) is 5.69 Å². The molecule has 0 spiro atoms. The zero-order valence-corrected chi connectivity index (χ0v) is 19.3. The number of aromatic nitrogens is 1. The van der Waals surface area contributed by atoms with Gasteiger partial charge >= 0.3 is 0 Å². The lowest BCUT2D eigenvalue weighted by Crippen LogP contribution is -2.37. The number of carbonyl (C=O) groups excluding carboxylic acids is 1. The van der Waals surface area contributed by atoms with Crippen LogP contribution in [0.4, 0.5) is 5.69 Å². The lowest BCUT2D eigenvalue weighted by atomic mass is 9.83. The molecule has 1 amide bonds. The van der Waals surface area contributed by atoms with Crippen molar-refractivity contribution in [3.8, 4) is 0 Å². The van der Waals surface area contributed by atoms with Crippen molar-refractivity contribution in [3.63, 3.8) is 0 Å². The summed E-state index contributed by atoms with van der Waals surface area (Å²) in [5.74, 6) is 0.455. The quantitative estimate of drug-likeness (QED) is 0.628. The van der Waals surface area contributed by atoms with Gasteiger partial charge in [-0.3, -0.25) is 4.79 Å². The van der Waals surface area contributed by atoms with Gasteiger partial charge in [-0.25, -0.2) is 4.98 Å². The molecule has 1 saturated carbocycles. The van der Waals surface area contributed by atoms with E-state index in [1.54, 1.807) is 6.07 Å². The highest BCUT2D eigenvalue weighted by atomic mass is 16.5. The minimum atomic E-state index is -0.181. The van der Waals surface area contributed by atoms with E-state index >= 15 is 0 Å². The fourth-order valence-corrected chi connectivity index (χ4v) is 4.37. The molecule has 2 fully saturated rings. The molecule has 0 radical (unpaired) electrons. The van der Waals surface area contributed by atoms with Crippen molar-refractivity contribution in [2.24, 2.45) is 0 Å². The average molecular weight is 425 g/mol. The second-order valence-corrected chi connectivity index (χ2v) is 10.1. The number of ether oxygens (including phenoxy) is 1. The summed E-state index contributed by atoms with van der Waals surface area (Å²) < 4.78 is 5.81. The van der Waals surface area contributed by atoms with Gasteiger partial charge in [-0.2, -0.15) is 0 Å². The Kier molecular flexibility index (Phi) is 6.22. The van der Waals surface area contributed by atoms with Crippen molar-refractivity contribution < 1.29 is 9.53 Å². The topological polar surface area (TPSA) is 89.3 Å². The van der Waals surface area contributed by atoms with Crippen molar-refractivity contribution in [2.75, 3.05) is 25.4 Å². The van der Waals surface area contributed by atoms with Crippen LogP contribution in [-0.2, 0) is 10.2 Å². The van der Waals surface area contributed by atoms with Crippen molar-refractivity contribution in [1.29, 1.82) is 0 Å². The first-order chi connectivity index (χ1) is 14.8. The van der Waals surface area contributed by atoms with Crippen molar-refractivity contribution in [2.45, 2.75) is 76.9 Å². The van der Waals surface area contributed by atoms with Gasteiger partial charge in [0.05, 0.1) is 11.6 Å². The maximum Gasteiger partial charge on any atom is 0.270 e. The number of anilines is 1. The summed E-state index contributed by atoms with van der Waals surface area (Å²) in [6, 6.07) is 6.38. The molecule has 1 aromatic heterocycles. The molecule has 1 aromatic carbocycles. The van der Waals surface area contributed by atoms with Gasteiger partial charge < -0.3 is 21.1 Å². The first kappa shape index (κ1) is 22.0. The first-order valence-corrected chi connectivity index (χ1v) is 11.6. The molecule has 2 aromatic rings. The van der Waals surface area contributed by atoms with Crippen LogP contribution in [0.1, 0.15) is 80.9 Å². The van der Waals surface area contributed by atoms with Gasteiger partial charge in [-0.05, 0) is 60.3 Å². The fourth-order valence-electron chi connectivity index (χ4n) is 4.37. The fraction of sp³-hybridized carbons (Fsp3) is 0.600. The normalized spacial score (nSPS) is 21.5. The van der Waals surface area contributed by atoms with Crippen LogP contribution in [0.3, 0.4) is 0 Å². The summed E-state index contributed by atoms with van der Waals surface area (Å²) in [4.78, 5) is 17.7. The molecule has 4 rings (SSSR count). The highest BCUT2D eigenvalue weighted by molar-refractivity contribution is 6.00. The van der Waals surface area contributed by atoms with Crippen LogP contribution in [0, 0.1) is 0 Å². The molecule has 4 N–H and O–H groups in total. The van der Waals surface area contributed by atoms with Gasteiger partial charge in [0.15, 0.2) is 0 Å². The van der Waals surface area contributed by atoms with Gasteiger partial charge in [-0.1, -0.05) is 33.8 Å². The summed E-state index contributed by atoms with van der Waals surface area (Å²) >= 11 is 0. The molecular formula is C25H36N4O2. The third kappa shape index (κ3) is 5.01. The Labute approximate surface area is 185 Å². The zero-order valence-electron chi connectivity index (χ0n) is 19.3. The van der Waals surface area contributed by atoms with Gasteiger partial charge in [0, 0.05) is 36.8 Å². The molecule has 0 bridgehead atoms. The molecular weight excluding hydrogens is 388 g/mol. The van der Waals surface area contributed by atoms with Gasteiger partial charge in [0.25, 0.3) is 5.91 Å². The van der Waals surface area contributed by atoms with Crippen LogP contribution in [0.25, 0.3) is 10.9 Å². The number of nitrogens with one attached hydrogen (secondary N) is 2. The Hall–Kier alpha value is -2.18. The Bertz CT molecular complexity index is 962. The summed E-state index contributed by atoms with van der Waals surface area (Å²) in [7, 11) is 0.